The first-order chi connectivity index (χ1) is 7.39. The Bertz CT molecular complexity index is 482. The van der Waals surface area contributed by atoms with Crippen LogP contribution < -0.4 is 11.2 Å². The average molecular weight is 221 g/mol. The van der Waals surface area contributed by atoms with E-state index >= 15 is 0 Å². The highest BCUT2D eigenvalue weighted by Crippen LogP contribution is 2.18. The zero-order valence-electron chi connectivity index (χ0n) is 9.41. The van der Waals surface area contributed by atoms with Crippen LogP contribution in [0.3, 0.4) is 0 Å². The number of likely N-dealkylation sites (tertiary alicyclic amines) is 1. The van der Waals surface area contributed by atoms with Gasteiger partial charge in [-0.3, -0.25) is 9.59 Å². The van der Waals surface area contributed by atoms with Crippen molar-refractivity contribution in [3.05, 3.63) is 33.7 Å². The number of H-pyrrole nitrogens is 1. The molecule has 5 heteroatoms. The summed E-state index contributed by atoms with van der Waals surface area (Å²) in [6, 6.07) is 1.43. The van der Waals surface area contributed by atoms with Gasteiger partial charge in [-0.2, -0.15) is 0 Å². The Morgan fingerprint density at radius 2 is 2.19 bits per heavy atom. The number of carbonyl (C=O) groups is 1. The second-order valence-corrected chi connectivity index (χ2v) is 4.71. The fourth-order valence-corrected chi connectivity index (χ4v) is 1.88. The highest BCUT2D eigenvalue weighted by molar-refractivity contribution is 5.94. The van der Waals surface area contributed by atoms with Crippen LogP contribution in [0.5, 0.6) is 0 Å². The summed E-state index contributed by atoms with van der Waals surface area (Å²) in [6.07, 6.45) is 1.46. The number of rotatable bonds is 1. The molecule has 3 N–H and O–H groups in total. The molecule has 1 aromatic rings. The molecule has 1 fully saturated rings. The second-order valence-electron chi connectivity index (χ2n) is 4.71. The van der Waals surface area contributed by atoms with Crippen LogP contribution >= 0.6 is 0 Å². The van der Waals surface area contributed by atoms with Crippen LogP contribution in [-0.2, 0) is 0 Å². The monoisotopic (exact) mass is 221 g/mol. The number of aromatic nitrogens is 1. The van der Waals surface area contributed by atoms with Gasteiger partial charge in [0.25, 0.3) is 5.91 Å². The summed E-state index contributed by atoms with van der Waals surface area (Å²) < 4.78 is 0. The number of aryl methyl sites for hydroxylation is 1. The third kappa shape index (κ3) is 1.86. The van der Waals surface area contributed by atoms with E-state index < -0.39 is 0 Å². The standard InChI is InChI=1S/C11H15N3O2/c1-7-3-9(15)8(4-13-7)10(16)14-5-11(2,12)6-14/h3-4H,5-6,12H2,1-2H3,(H,13,15). The number of aromatic amines is 1. The minimum atomic E-state index is -0.312. The molecule has 1 saturated heterocycles. The van der Waals surface area contributed by atoms with E-state index in [1.54, 1.807) is 11.8 Å². The Morgan fingerprint density at radius 3 is 2.69 bits per heavy atom. The molecule has 1 aromatic heterocycles. The van der Waals surface area contributed by atoms with Gasteiger partial charge in [-0.05, 0) is 13.8 Å². The predicted octanol–water partition coefficient (Wildman–Crippen LogP) is -0.143. The average Bonchev–Trinajstić information content (AvgIpc) is 2.13. The van der Waals surface area contributed by atoms with Gasteiger partial charge in [-0.15, -0.1) is 0 Å². The van der Waals surface area contributed by atoms with E-state index in [9.17, 15) is 9.59 Å². The van der Waals surface area contributed by atoms with Crippen LogP contribution in [0.1, 0.15) is 23.0 Å². The number of hydrogen-bond acceptors (Lipinski definition) is 3. The Labute approximate surface area is 93.3 Å². The van der Waals surface area contributed by atoms with Gasteiger partial charge in [0.2, 0.25) is 0 Å². The molecule has 0 aliphatic carbocycles. The number of amides is 1. The van der Waals surface area contributed by atoms with Crippen LogP contribution in [0.25, 0.3) is 0 Å². The normalized spacial score (nSPS) is 18.1. The number of hydrogen-bond donors (Lipinski definition) is 2. The van der Waals surface area contributed by atoms with Gasteiger partial charge in [0.1, 0.15) is 5.56 Å². The van der Waals surface area contributed by atoms with Crippen molar-refractivity contribution in [3.8, 4) is 0 Å². The maximum absolute atomic E-state index is 11.9. The molecule has 1 aliphatic rings. The van der Waals surface area contributed by atoms with Crippen molar-refractivity contribution in [2.75, 3.05) is 13.1 Å². The summed E-state index contributed by atoms with van der Waals surface area (Å²) in [4.78, 5) is 27.9. The SMILES string of the molecule is Cc1cc(=O)c(C(=O)N2CC(C)(N)C2)c[nH]1. The van der Waals surface area contributed by atoms with Crippen molar-refractivity contribution in [1.82, 2.24) is 9.88 Å². The molecular formula is C11H15N3O2. The molecule has 0 unspecified atom stereocenters. The number of nitrogens with zero attached hydrogens (tertiary/aromatic N) is 1. The third-order valence-electron chi connectivity index (χ3n) is 2.68. The summed E-state index contributed by atoms with van der Waals surface area (Å²) in [5.41, 5.74) is 6.18. The Morgan fingerprint density at radius 1 is 1.56 bits per heavy atom. The zero-order valence-corrected chi connectivity index (χ0v) is 9.41. The summed E-state index contributed by atoms with van der Waals surface area (Å²) in [7, 11) is 0. The topological polar surface area (TPSA) is 79.2 Å². The maximum Gasteiger partial charge on any atom is 0.259 e. The molecule has 0 spiro atoms. The largest absolute Gasteiger partial charge is 0.364 e. The quantitative estimate of drug-likeness (QED) is 0.692. The van der Waals surface area contributed by atoms with Gasteiger partial charge in [0.15, 0.2) is 5.43 Å². The molecule has 5 nitrogen and oxygen atoms in total. The van der Waals surface area contributed by atoms with Crippen molar-refractivity contribution in [3.63, 3.8) is 0 Å². The van der Waals surface area contributed by atoms with E-state index in [2.05, 4.69) is 4.98 Å². The van der Waals surface area contributed by atoms with E-state index in [0.717, 1.165) is 5.69 Å². The number of nitrogens with two attached hydrogens (primary N) is 1. The lowest BCUT2D eigenvalue weighted by molar-refractivity contribution is 0.0452. The third-order valence-corrected chi connectivity index (χ3v) is 2.68. The van der Waals surface area contributed by atoms with Crippen molar-refractivity contribution >= 4 is 5.91 Å². The molecule has 16 heavy (non-hydrogen) atoms. The van der Waals surface area contributed by atoms with Crippen LogP contribution in [-0.4, -0.2) is 34.4 Å². The molecule has 0 bridgehead atoms. The fraction of sp³-hybridized carbons (Fsp3) is 0.455. The van der Waals surface area contributed by atoms with Crippen molar-refractivity contribution in [1.29, 1.82) is 0 Å². The maximum atomic E-state index is 11.9. The summed E-state index contributed by atoms with van der Waals surface area (Å²) >= 11 is 0. The van der Waals surface area contributed by atoms with Crippen LogP contribution in [0.15, 0.2) is 17.1 Å². The van der Waals surface area contributed by atoms with E-state index in [4.69, 9.17) is 5.73 Å². The molecule has 0 radical (unpaired) electrons. The lowest BCUT2D eigenvalue weighted by Crippen LogP contribution is -2.67. The summed E-state index contributed by atoms with van der Waals surface area (Å²) in [6.45, 7) is 4.66. The predicted molar refractivity (Wildman–Crippen MR) is 60.3 cm³/mol. The van der Waals surface area contributed by atoms with Gasteiger partial charge in [0.05, 0.1) is 0 Å². The Kier molecular flexibility index (Phi) is 2.35. The minimum Gasteiger partial charge on any atom is -0.364 e. The molecular weight excluding hydrogens is 206 g/mol. The van der Waals surface area contributed by atoms with E-state index in [1.165, 1.54) is 12.3 Å². The lowest BCUT2D eigenvalue weighted by atomic mass is 9.93. The van der Waals surface area contributed by atoms with Gasteiger partial charge in [-0.1, -0.05) is 0 Å². The first-order valence-electron chi connectivity index (χ1n) is 5.16. The smallest absolute Gasteiger partial charge is 0.259 e. The van der Waals surface area contributed by atoms with Crippen molar-refractivity contribution in [2.24, 2.45) is 5.73 Å². The van der Waals surface area contributed by atoms with E-state index in [1.807, 2.05) is 6.92 Å². The summed E-state index contributed by atoms with van der Waals surface area (Å²) in [5, 5.41) is 0. The minimum absolute atomic E-state index is 0.182. The number of pyridine rings is 1. The van der Waals surface area contributed by atoms with Gasteiger partial charge >= 0.3 is 0 Å². The van der Waals surface area contributed by atoms with Crippen molar-refractivity contribution in [2.45, 2.75) is 19.4 Å². The van der Waals surface area contributed by atoms with E-state index in [-0.39, 0.29) is 22.4 Å². The molecule has 0 saturated carbocycles. The molecule has 1 amide bonds. The zero-order chi connectivity index (χ0) is 11.9. The molecule has 0 atom stereocenters. The van der Waals surface area contributed by atoms with Gasteiger partial charge in [0, 0.05) is 36.6 Å². The molecule has 1 aliphatic heterocycles. The molecule has 86 valence electrons. The number of carbonyl (C=O) groups excluding carboxylic acids is 1. The Balaban J connectivity index is 2.20. The first kappa shape index (κ1) is 10.9. The summed E-state index contributed by atoms with van der Waals surface area (Å²) in [5.74, 6) is -0.246. The Hall–Kier alpha value is -1.62. The van der Waals surface area contributed by atoms with Crippen LogP contribution in [0, 0.1) is 6.92 Å². The van der Waals surface area contributed by atoms with Crippen LogP contribution in [0.2, 0.25) is 0 Å². The lowest BCUT2D eigenvalue weighted by Gasteiger charge is -2.45. The van der Waals surface area contributed by atoms with Gasteiger partial charge < -0.3 is 15.6 Å². The second kappa shape index (κ2) is 3.45. The van der Waals surface area contributed by atoms with Crippen LogP contribution in [0.4, 0.5) is 0 Å². The highest BCUT2D eigenvalue weighted by Gasteiger charge is 2.38. The molecule has 0 aromatic carbocycles. The van der Waals surface area contributed by atoms with Crippen molar-refractivity contribution < 1.29 is 4.79 Å². The number of nitrogens with one attached hydrogen (secondary N) is 1. The molecule has 2 rings (SSSR count). The fourth-order valence-electron chi connectivity index (χ4n) is 1.88. The van der Waals surface area contributed by atoms with E-state index in [0.29, 0.717) is 13.1 Å². The van der Waals surface area contributed by atoms with Gasteiger partial charge in [-0.25, -0.2) is 0 Å². The molecule has 2 heterocycles. The highest BCUT2D eigenvalue weighted by atomic mass is 16.2. The first-order valence-corrected chi connectivity index (χ1v) is 5.16.